The van der Waals surface area contributed by atoms with Crippen LogP contribution in [0, 0.1) is 5.92 Å². The molecule has 1 heterocycles. The molecule has 1 saturated heterocycles. The molecule has 1 aliphatic heterocycles. The first-order valence-corrected chi connectivity index (χ1v) is 6.95. The summed E-state index contributed by atoms with van der Waals surface area (Å²) in [4.78, 5) is 14.3. The fourth-order valence-electron chi connectivity index (χ4n) is 2.28. The molecular weight excluding hydrogens is 228 g/mol. The molecule has 2 unspecified atom stereocenters. The van der Waals surface area contributed by atoms with Gasteiger partial charge in [0, 0.05) is 19.1 Å². The van der Waals surface area contributed by atoms with E-state index < -0.39 is 0 Å². The highest BCUT2D eigenvalue weighted by Gasteiger charge is 2.35. The lowest BCUT2D eigenvalue weighted by Gasteiger charge is -2.26. The van der Waals surface area contributed by atoms with Crippen LogP contribution in [0.5, 0.6) is 0 Å². The van der Waals surface area contributed by atoms with Gasteiger partial charge >= 0.3 is 0 Å². The number of hydrogen-bond acceptors (Lipinski definition) is 3. The predicted molar refractivity (Wildman–Crippen MR) is 73.5 cm³/mol. The number of carbonyl (C=O) groups excluding carboxylic acids is 1. The Morgan fingerprint density at radius 2 is 2.22 bits per heavy atom. The van der Waals surface area contributed by atoms with Gasteiger partial charge in [-0.3, -0.25) is 4.79 Å². The molecule has 1 aliphatic rings. The van der Waals surface area contributed by atoms with Gasteiger partial charge in [0.15, 0.2) is 0 Å². The summed E-state index contributed by atoms with van der Waals surface area (Å²) in [6.45, 7) is 11.5. The first-order valence-electron chi connectivity index (χ1n) is 6.95. The van der Waals surface area contributed by atoms with Crippen molar-refractivity contribution in [1.29, 1.82) is 0 Å². The third-order valence-corrected chi connectivity index (χ3v) is 3.21. The van der Waals surface area contributed by atoms with Crippen molar-refractivity contribution in [3.63, 3.8) is 0 Å². The summed E-state index contributed by atoms with van der Waals surface area (Å²) in [5.74, 6) is 0.158. The predicted octanol–water partition coefficient (Wildman–Crippen LogP) is 1.43. The molecule has 0 aromatic heterocycles. The second-order valence-electron chi connectivity index (χ2n) is 4.78. The Labute approximate surface area is 110 Å². The summed E-state index contributed by atoms with van der Waals surface area (Å²) in [6.07, 6.45) is 3.83. The van der Waals surface area contributed by atoms with Gasteiger partial charge in [0.05, 0.1) is 19.1 Å². The Balaban J connectivity index is 2.58. The lowest BCUT2D eigenvalue weighted by Crippen LogP contribution is -2.46. The van der Waals surface area contributed by atoms with Crippen molar-refractivity contribution in [2.75, 3.05) is 32.8 Å². The van der Waals surface area contributed by atoms with Crippen LogP contribution in [0.3, 0.4) is 0 Å². The highest BCUT2D eigenvalue weighted by Crippen LogP contribution is 2.17. The second-order valence-corrected chi connectivity index (χ2v) is 4.78. The van der Waals surface area contributed by atoms with Crippen LogP contribution in [-0.4, -0.2) is 49.7 Å². The zero-order valence-corrected chi connectivity index (χ0v) is 11.7. The van der Waals surface area contributed by atoms with Gasteiger partial charge in [-0.2, -0.15) is 0 Å². The van der Waals surface area contributed by atoms with Crippen molar-refractivity contribution in [1.82, 2.24) is 10.2 Å². The number of nitrogens with one attached hydrogen (secondary N) is 1. The summed E-state index contributed by atoms with van der Waals surface area (Å²) in [6, 6.07) is 0.168. The maximum Gasteiger partial charge on any atom is 0.229 e. The summed E-state index contributed by atoms with van der Waals surface area (Å²) < 4.78 is 5.46. The molecule has 0 aromatic rings. The molecule has 2 atom stereocenters. The smallest absolute Gasteiger partial charge is 0.229 e. The van der Waals surface area contributed by atoms with E-state index in [-0.39, 0.29) is 17.9 Å². The van der Waals surface area contributed by atoms with Gasteiger partial charge in [-0.25, -0.2) is 0 Å². The quantitative estimate of drug-likeness (QED) is 0.666. The zero-order valence-electron chi connectivity index (χ0n) is 11.7. The van der Waals surface area contributed by atoms with Crippen LogP contribution in [-0.2, 0) is 9.53 Å². The standard InChI is InChI=1S/C14H26N2O2/c1-4-7-15-13-11-18-10-12(13)14(17)16(8-5-2)9-6-3/h5,12-13,15H,2,4,6-11H2,1,3H3. The minimum atomic E-state index is -0.0388. The van der Waals surface area contributed by atoms with E-state index in [4.69, 9.17) is 4.74 Å². The molecule has 1 amide bonds. The molecule has 18 heavy (non-hydrogen) atoms. The Morgan fingerprint density at radius 3 is 2.83 bits per heavy atom. The fourth-order valence-corrected chi connectivity index (χ4v) is 2.28. The zero-order chi connectivity index (χ0) is 13.4. The maximum atomic E-state index is 12.5. The lowest BCUT2D eigenvalue weighted by molar-refractivity contribution is -0.135. The molecule has 0 spiro atoms. The van der Waals surface area contributed by atoms with Crippen molar-refractivity contribution in [2.24, 2.45) is 5.92 Å². The topological polar surface area (TPSA) is 41.6 Å². The van der Waals surface area contributed by atoms with Gasteiger partial charge in [0.2, 0.25) is 5.91 Å². The third-order valence-electron chi connectivity index (χ3n) is 3.21. The molecular formula is C14H26N2O2. The van der Waals surface area contributed by atoms with Gasteiger partial charge in [0.25, 0.3) is 0 Å². The molecule has 0 aliphatic carbocycles. The number of hydrogen-bond donors (Lipinski definition) is 1. The highest BCUT2D eigenvalue weighted by molar-refractivity contribution is 5.80. The highest BCUT2D eigenvalue weighted by atomic mass is 16.5. The van der Waals surface area contributed by atoms with Gasteiger partial charge in [-0.1, -0.05) is 19.9 Å². The van der Waals surface area contributed by atoms with E-state index in [0.29, 0.717) is 19.8 Å². The first kappa shape index (κ1) is 15.2. The Morgan fingerprint density at radius 1 is 1.44 bits per heavy atom. The van der Waals surface area contributed by atoms with Crippen molar-refractivity contribution in [3.05, 3.63) is 12.7 Å². The Kier molecular flexibility index (Phi) is 6.98. The largest absolute Gasteiger partial charge is 0.379 e. The third kappa shape index (κ3) is 4.10. The van der Waals surface area contributed by atoms with Crippen LogP contribution in [0.4, 0.5) is 0 Å². The maximum absolute atomic E-state index is 12.5. The van der Waals surface area contributed by atoms with Crippen molar-refractivity contribution in [2.45, 2.75) is 32.7 Å². The molecule has 0 aromatic carbocycles. The van der Waals surface area contributed by atoms with E-state index in [1.165, 1.54) is 0 Å². The van der Waals surface area contributed by atoms with Crippen LogP contribution in [0.2, 0.25) is 0 Å². The number of nitrogens with zero attached hydrogens (tertiary/aromatic N) is 1. The summed E-state index contributed by atoms with van der Waals surface area (Å²) in [5, 5.41) is 3.40. The fraction of sp³-hybridized carbons (Fsp3) is 0.786. The van der Waals surface area contributed by atoms with E-state index in [9.17, 15) is 4.79 Å². The van der Waals surface area contributed by atoms with Gasteiger partial charge in [0.1, 0.15) is 0 Å². The minimum absolute atomic E-state index is 0.0388. The number of ether oxygens (including phenoxy) is 1. The van der Waals surface area contributed by atoms with Crippen molar-refractivity contribution >= 4 is 5.91 Å². The number of rotatable bonds is 8. The van der Waals surface area contributed by atoms with Crippen molar-refractivity contribution in [3.8, 4) is 0 Å². The Hall–Kier alpha value is -0.870. The van der Waals surface area contributed by atoms with Crippen LogP contribution in [0.1, 0.15) is 26.7 Å². The number of carbonyl (C=O) groups is 1. The van der Waals surface area contributed by atoms with E-state index in [2.05, 4.69) is 25.7 Å². The van der Waals surface area contributed by atoms with Crippen LogP contribution < -0.4 is 5.32 Å². The molecule has 104 valence electrons. The van der Waals surface area contributed by atoms with Crippen molar-refractivity contribution < 1.29 is 9.53 Å². The van der Waals surface area contributed by atoms with E-state index in [1.807, 2.05) is 4.90 Å². The first-order chi connectivity index (χ1) is 8.74. The second kappa shape index (κ2) is 8.27. The van der Waals surface area contributed by atoms with Crippen LogP contribution >= 0.6 is 0 Å². The van der Waals surface area contributed by atoms with E-state index in [1.54, 1.807) is 6.08 Å². The average molecular weight is 254 g/mol. The molecule has 4 nitrogen and oxygen atoms in total. The van der Waals surface area contributed by atoms with Crippen LogP contribution in [0.15, 0.2) is 12.7 Å². The Bertz CT molecular complexity index is 269. The molecule has 0 radical (unpaired) electrons. The summed E-state index contributed by atoms with van der Waals surface area (Å²) >= 11 is 0. The van der Waals surface area contributed by atoms with E-state index in [0.717, 1.165) is 25.9 Å². The van der Waals surface area contributed by atoms with Crippen LogP contribution in [0.25, 0.3) is 0 Å². The van der Waals surface area contributed by atoms with Gasteiger partial charge in [-0.15, -0.1) is 6.58 Å². The number of amides is 1. The van der Waals surface area contributed by atoms with Gasteiger partial charge in [-0.05, 0) is 19.4 Å². The normalized spacial score (nSPS) is 23.0. The molecule has 4 heteroatoms. The molecule has 1 rings (SSSR count). The van der Waals surface area contributed by atoms with Gasteiger partial charge < -0.3 is 15.0 Å². The lowest BCUT2D eigenvalue weighted by atomic mass is 10.0. The molecule has 1 N–H and O–H groups in total. The van der Waals surface area contributed by atoms with E-state index >= 15 is 0 Å². The molecule has 0 bridgehead atoms. The summed E-state index contributed by atoms with van der Waals surface area (Å²) in [5.41, 5.74) is 0. The SMILES string of the molecule is C=CCN(CCC)C(=O)C1COCC1NCCC. The monoisotopic (exact) mass is 254 g/mol. The summed E-state index contributed by atoms with van der Waals surface area (Å²) in [7, 11) is 0. The minimum Gasteiger partial charge on any atom is -0.379 e. The molecule has 0 saturated carbocycles. The molecule has 1 fully saturated rings. The average Bonchev–Trinajstić information content (AvgIpc) is 2.83.